The van der Waals surface area contributed by atoms with Gasteiger partial charge in [-0.1, -0.05) is 11.6 Å². The molecule has 0 saturated carbocycles. The molecule has 0 amide bonds. The van der Waals surface area contributed by atoms with Gasteiger partial charge in [0.05, 0.1) is 23.2 Å². The summed E-state index contributed by atoms with van der Waals surface area (Å²) in [5, 5.41) is 14.5. The second-order valence-corrected chi connectivity index (χ2v) is 5.63. The number of nitro benzene ring substituents is 1. The fraction of sp³-hybridized carbons (Fsp3) is 0.571. The highest BCUT2D eigenvalue weighted by Gasteiger charge is 2.14. The quantitative estimate of drug-likeness (QED) is 0.643. The molecular formula is C14H20ClN3O3. The van der Waals surface area contributed by atoms with Crippen LogP contribution < -0.4 is 5.32 Å². The monoisotopic (exact) mass is 313 g/mol. The summed E-state index contributed by atoms with van der Waals surface area (Å²) in [6.07, 6.45) is 0. The van der Waals surface area contributed by atoms with E-state index < -0.39 is 4.92 Å². The Morgan fingerprint density at radius 3 is 2.81 bits per heavy atom. The van der Waals surface area contributed by atoms with Crippen LogP contribution in [-0.4, -0.2) is 48.7 Å². The van der Waals surface area contributed by atoms with Crippen LogP contribution in [0.2, 0.25) is 5.02 Å². The number of rotatable bonds is 6. The fourth-order valence-electron chi connectivity index (χ4n) is 2.31. The Bertz CT molecular complexity index is 492. The highest BCUT2D eigenvalue weighted by atomic mass is 35.5. The Balaban J connectivity index is 1.83. The number of non-ortho nitro benzene ring substituents is 1. The van der Waals surface area contributed by atoms with Crippen LogP contribution in [0, 0.1) is 10.1 Å². The molecule has 21 heavy (non-hydrogen) atoms. The van der Waals surface area contributed by atoms with Gasteiger partial charge in [-0.2, -0.15) is 0 Å². The van der Waals surface area contributed by atoms with E-state index >= 15 is 0 Å². The number of hydrogen-bond acceptors (Lipinski definition) is 5. The molecule has 0 radical (unpaired) electrons. The van der Waals surface area contributed by atoms with Crippen molar-refractivity contribution < 1.29 is 9.66 Å². The van der Waals surface area contributed by atoms with E-state index in [1.54, 1.807) is 6.07 Å². The van der Waals surface area contributed by atoms with Crippen LogP contribution in [0.3, 0.4) is 0 Å². The van der Waals surface area contributed by atoms with Gasteiger partial charge in [0.15, 0.2) is 0 Å². The molecule has 1 saturated heterocycles. The van der Waals surface area contributed by atoms with Crippen molar-refractivity contribution in [2.24, 2.45) is 0 Å². The average Bonchev–Trinajstić information content (AvgIpc) is 2.47. The zero-order chi connectivity index (χ0) is 15.2. The van der Waals surface area contributed by atoms with Gasteiger partial charge in [-0.3, -0.25) is 15.0 Å². The Morgan fingerprint density at radius 2 is 2.19 bits per heavy atom. The van der Waals surface area contributed by atoms with Crippen molar-refractivity contribution in [1.82, 2.24) is 10.2 Å². The lowest BCUT2D eigenvalue weighted by molar-refractivity contribution is -0.384. The number of nitrogens with zero attached hydrogens (tertiary/aromatic N) is 2. The Kier molecular flexibility index (Phi) is 5.93. The zero-order valence-corrected chi connectivity index (χ0v) is 12.8. The average molecular weight is 314 g/mol. The first-order valence-electron chi connectivity index (χ1n) is 7.02. The maximum Gasteiger partial charge on any atom is 0.270 e. The normalized spacial score (nSPS) is 17.6. The van der Waals surface area contributed by atoms with Crippen molar-refractivity contribution in [2.75, 3.05) is 32.8 Å². The summed E-state index contributed by atoms with van der Waals surface area (Å²) < 4.78 is 5.32. The molecule has 0 spiro atoms. The molecule has 1 aliphatic heterocycles. The predicted octanol–water partition coefficient (Wildman–Crippen LogP) is 2.06. The highest BCUT2D eigenvalue weighted by Crippen LogP contribution is 2.22. The van der Waals surface area contributed by atoms with Gasteiger partial charge in [0.2, 0.25) is 0 Å². The summed E-state index contributed by atoms with van der Waals surface area (Å²) in [6, 6.07) is 4.89. The molecule has 6 nitrogen and oxygen atoms in total. The summed E-state index contributed by atoms with van der Waals surface area (Å²) >= 11 is 6.08. The summed E-state index contributed by atoms with van der Waals surface area (Å²) in [4.78, 5) is 12.6. The molecule has 1 N–H and O–H groups in total. The molecule has 1 fully saturated rings. The maximum atomic E-state index is 10.7. The lowest BCUT2D eigenvalue weighted by Crippen LogP contribution is -2.44. The minimum atomic E-state index is -0.440. The van der Waals surface area contributed by atoms with E-state index in [1.165, 1.54) is 12.1 Å². The molecule has 2 rings (SSSR count). The molecule has 1 aromatic rings. The van der Waals surface area contributed by atoms with Crippen molar-refractivity contribution in [3.05, 3.63) is 38.9 Å². The van der Waals surface area contributed by atoms with Gasteiger partial charge in [0, 0.05) is 44.4 Å². The summed E-state index contributed by atoms with van der Waals surface area (Å²) in [5.74, 6) is 0. The van der Waals surface area contributed by atoms with E-state index in [1.807, 2.05) is 0 Å². The van der Waals surface area contributed by atoms with Gasteiger partial charge in [0.1, 0.15) is 0 Å². The van der Waals surface area contributed by atoms with Gasteiger partial charge in [-0.25, -0.2) is 0 Å². The van der Waals surface area contributed by atoms with Crippen LogP contribution in [0.25, 0.3) is 0 Å². The van der Waals surface area contributed by atoms with Crippen molar-refractivity contribution in [2.45, 2.75) is 19.5 Å². The largest absolute Gasteiger partial charge is 0.379 e. The Labute approximate surface area is 129 Å². The molecule has 1 aliphatic rings. The number of benzene rings is 1. The van der Waals surface area contributed by atoms with Gasteiger partial charge in [-0.05, 0) is 18.6 Å². The van der Waals surface area contributed by atoms with Gasteiger partial charge in [0.25, 0.3) is 5.69 Å². The number of halogens is 1. The second-order valence-electron chi connectivity index (χ2n) is 5.23. The molecule has 7 heteroatoms. The molecule has 1 unspecified atom stereocenters. The van der Waals surface area contributed by atoms with E-state index in [9.17, 15) is 10.1 Å². The summed E-state index contributed by atoms with van der Waals surface area (Å²) in [7, 11) is 0. The van der Waals surface area contributed by atoms with Crippen LogP contribution in [0.15, 0.2) is 18.2 Å². The van der Waals surface area contributed by atoms with E-state index in [0.29, 0.717) is 17.6 Å². The number of ether oxygens (including phenoxy) is 1. The lowest BCUT2D eigenvalue weighted by atomic mass is 10.2. The topological polar surface area (TPSA) is 67.6 Å². The molecule has 1 aromatic carbocycles. The zero-order valence-electron chi connectivity index (χ0n) is 12.0. The van der Waals surface area contributed by atoms with E-state index in [2.05, 4.69) is 17.1 Å². The summed E-state index contributed by atoms with van der Waals surface area (Å²) in [5.41, 5.74) is 0.890. The molecule has 0 aromatic heterocycles. The second kappa shape index (κ2) is 7.70. The van der Waals surface area contributed by atoms with Crippen LogP contribution in [0.5, 0.6) is 0 Å². The van der Waals surface area contributed by atoms with Crippen molar-refractivity contribution in [3.8, 4) is 0 Å². The first-order chi connectivity index (χ1) is 10.1. The van der Waals surface area contributed by atoms with E-state index in [0.717, 1.165) is 38.4 Å². The first kappa shape index (κ1) is 16.2. The van der Waals surface area contributed by atoms with Crippen molar-refractivity contribution in [1.29, 1.82) is 0 Å². The Hall–Kier alpha value is -1.21. The third kappa shape index (κ3) is 4.93. The number of nitro groups is 1. The SMILES string of the molecule is CC(CN1CCOCC1)NCc1ccc([N+](=O)[O-])cc1Cl. The van der Waals surface area contributed by atoms with Crippen LogP contribution in [0.1, 0.15) is 12.5 Å². The van der Waals surface area contributed by atoms with E-state index in [4.69, 9.17) is 16.3 Å². The van der Waals surface area contributed by atoms with Crippen LogP contribution >= 0.6 is 11.6 Å². The minimum absolute atomic E-state index is 0.0186. The fourth-order valence-corrected chi connectivity index (χ4v) is 2.55. The number of nitrogens with one attached hydrogen (secondary N) is 1. The third-order valence-corrected chi connectivity index (χ3v) is 3.88. The van der Waals surface area contributed by atoms with E-state index in [-0.39, 0.29) is 5.69 Å². The van der Waals surface area contributed by atoms with Crippen LogP contribution in [0.4, 0.5) is 5.69 Å². The van der Waals surface area contributed by atoms with Gasteiger partial charge in [-0.15, -0.1) is 0 Å². The Morgan fingerprint density at radius 1 is 1.48 bits per heavy atom. The first-order valence-corrected chi connectivity index (χ1v) is 7.40. The maximum absolute atomic E-state index is 10.7. The third-order valence-electron chi connectivity index (χ3n) is 3.52. The molecule has 1 atom stereocenters. The van der Waals surface area contributed by atoms with Gasteiger partial charge < -0.3 is 10.1 Å². The van der Waals surface area contributed by atoms with Gasteiger partial charge >= 0.3 is 0 Å². The van der Waals surface area contributed by atoms with Crippen molar-refractivity contribution in [3.63, 3.8) is 0 Å². The molecule has 0 bridgehead atoms. The number of morpholine rings is 1. The predicted molar refractivity (Wildman–Crippen MR) is 81.7 cm³/mol. The summed E-state index contributed by atoms with van der Waals surface area (Å²) in [6.45, 7) is 7.18. The number of hydrogen-bond donors (Lipinski definition) is 1. The smallest absolute Gasteiger partial charge is 0.270 e. The standard InChI is InChI=1S/C14H20ClN3O3/c1-11(10-17-4-6-21-7-5-17)16-9-12-2-3-13(18(19)20)8-14(12)15/h2-3,8,11,16H,4-7,9-10H2,1H3. The lowest BCUT2D eigenvalue weighted by Gasteiger charge is -2.29. The highest BCUT2D eigenvalue weighted by molar-refractivity contribution is 6.31. The molecule has 116 valence electrons. The van der Waals surface area contributed by atoms with Crippen LogP contribution in [-0.2, 0) is 11.3 Å². The molecule has 0 aliphatic carbocycles. The van der Waals surface area contributed by atoms with Crippen molar-refractivity contribution >= 4 is 17.3 Å². The molecular weight excluding hydrogens is 294 g/mol. The minimum Gasteiger partial charge on any atom is -0.379 e. The molecule has 1 heterocycles.